The normalized spacial score (nSPS) is 16.1. The molecule has 88 valence electrons. The molecule has 2 heterocycles. The monoisotopic (exact) mass is 229 g/mol. The van der Waals surface area contributed by atoms with E-state index in [1.165, 1.54) is 11.3 Å². The molecule has 1 aliphatic heterocycles. The van der Waals surface area contributed by atoms with Crippen LogP contribution >= 0.6 is 0 Å². The van der Waals surface area contributed by atoms with Crippen molar-refractivity contribution >= 4 is 5.69 Å². The molecule has 0 radical (unpaired) electrons. The molecule has 0 bridgehead atoms. The van der Waals surface area contributed by atoms with Crippen LogP contribution < -0.4 is 4.90 Å². The molecule has 17 heavy (non-hydrogen) atoms. The molecule has 0 saturated carbocycles. The van der Waals surface area contributed by atoms with Gasteiger partial charge in [-0.1, -0.05) is 12.1 Å². The highest BCUT2D eigenvalue weighted by Gasteiger charge is 2.10. The highest BCUT2D eigenvalue weighted by molar-refractivity contribution is 5.65. The third-order valence-corrected chi connectivity index (χ3v) is 3.08. The zero-order valence-corrected chi connectivity index (χ0v) is 9.60. The maximum Gasteiger partial charge on any atom is 0.0642 e. The Kier molecular flexibility index (Phi) is 2.80. The van der Waals surface area contributed by atoms with E-state index in [0.717, 1.165) is 31.9 Å². The maximum atomic E-state index is 5.35. The van der Waals surface area contributed by atoms with E-state index in [2.05, 4.69) is 39.4 Å². The molecular formula is C13H15N3O. The average molecular weight is 229 g/mol. The first-order chi connectivity index (χ1) is 8.43. The Labute approximate surface area is 100 Å². The molecule has 1 fully saturated rings. The topological polar surface area (TPSA) is 41.1 Å². The van der Waals surface area contributed by atoms with E-state index in [1.807, 2.05) is 12.4 Å². The molecule has 1 aliphatic rings. The molecule has 0 spiro atoms. The molecule has 4 heteroatoms. The fourth-order valence-corrected chi connectivity index (χ4v) is 2.10. The first-order valence-electron chi connectivity index (χ1n) is 5.85. The van der Waals surface area contributed by atoms with Crippen molar-refractivity contribution in [3.63, 3.8) is 0 Å². The quantitative estimate of drug-likeness (QED) is 0.855. The van der Waals surface area contributed by atoms with Crippen LogP contribution in [0.3, 0.4) is 0 Å². The van der Waals surface area contributed by atoms with Crippen molar-refractivity contribution < 1.29 is 4.74 Å². The summed E-state index contributed by atoms with van der Waals surface area (Å²) in [5.74, 6) is 0. The molecular weight excluding hydrogens is 214 g/mol. The summed E-state index contributed by atoms with van der Waals surface area (Å²) in [7, 11) is 0. The standard InChI is InChI=1S/C13H15N3O/c1-3-13(16-5-7-17-8-6-16)4-2-11(1)12-9-14-15-10-12/h1-4,9-10H,5-8H2,(H,14,15). The van der Waals surface area contributed by atoms with Gasteiger partial charge in [-0.2, -0.15) is 5.10 Å². The molecule has 1 saturated heterocycles. The fraction of sp³-hybridized carbons (Fsp3) is 0.308. The second-order valence-corrected chi connectivity index (χ2v) is 4.13. The van der Waals surface area contributed by atoms with Crippen molar-refractivity contribution in [2.75, 3.05) is 31.2 Å². The van der Waals surface area contributed by atoms with Crippen molar-refractivity contribution in [1.82, 2.24) is 10.2 Å². The highest BCUT2D eigenvalue weighted by atomic mass is 16.5. The van der Waals surface area contributed by atoms with E-state index in [-0.39, 0.29) is 0 Å². The predicted octanol–water partition coefficient (Wildman–Crippen LogP) is 1.91. The number of benzene rings is 1. The Morgan fingerprint density at radius 3 is 2.47 bits per heavy atom. The summed E-state index contributed by atoms with van der Waals surface area (Å²) in [5.41, 5.74) is 3.58. The minimum Gasteiger partial charge on any atom is -0.378 e. The van der Waals surface area contributed by atoms with Crippen LogP contribution in [0.25, 0.3) is 11.1 Å². The van der Waals surface area contributed by atoms with Gasteiger partial charge >= 0.3 is 0 Å². The third kappa shape index (κ3) is 2.17. The number of aromatic nitrogens is 2. The zero-order valence-electron chi connectivity index (χ0n) is 9.60. The molecule has 0 aliphatic carbocycles. The number of nitrogens with one attached hydrogen (secondary N) is 1. The Morgan fingerprint density at radius 1 is 1.06 bits per heavy atom. The van der Waals surface area contributed by atoms with Crippen LogP contribution in [0.2, 0.25) is 0 Å². The lowest BCUT2D eigenvalue weighted by Gasteiger charge is -2.28. The molecule has 4 nitrogen and oxygen atoms in total. The third-order valence-electron chi connectivity index (χ3n) is 3.08. The summed E-state index contributed by atoms with van der Waals surface area (Å²) in [6, 6.07) is 8.59. The molecule has 2 aromatic rings. The van der Waals surface area contributed by atoms with Crippen LogP contribution in [0.4, 0.5) is 5.69 Å². The highest BCUT2D eigenvalue weighted by Crippen LogP contribution is 2.22. The lowest BCUT2D eigenvalue weighted by atomic mass is 10.1. The van der Waals surface area contributed by atoms with Gasteiger partial charge in [-0.25, -0.2) is 0 Å². The second kappa shape index (κ2) is 4.59. The summed E-state index contributed by atoms with van der Waals surface area (Å²) in [4.78, 5) is 2.35. The smallest absolute Gasteiger partial charge is 0.0642 e. The molecule has 0 unspecified atom stereocenters. The fourth-order valence-electron chi connectivity index (χ4n) is 2.10. The summed E-state index contributed by atoms with van der Waals surface area (Å²) < 4.78 is 5.35. The van der Waals surface area contributed by atoms with Crippen molar-refractivity contribution in [2.24, 2.45) is 0 Å². The number of H-pyrrole nitrogens is 1. The van der Waals surface area contributed by atoms with Crippen LogP contribution in [0.15, 0.2) is 36.7 Å². The number of ether oxygens (including phenoxy) is 1. The van der Waals surface area contributed by atoms with Gasteiger partial charge in [0.2, 0.25) is 0 Å². The Morgan fingerprint density at radius 2 is 1.82 bits per heavy atom. The van der Waals surface area contributed by atoms with E-state index < -0.39 is 0 Å². The maximum absolute atomic E-state index is 5.35. The zero-order chi connectivity index (χ0) is 11.5. The number of hydrogen-bond donors (Lipinski definition) is 1. The van der Waals surface area contributed by atoms with Gasteiger partial charge in [-0.15, -0.1) is 0 Å². The molecule has 1 aromatic heterocycles. The Balaban J connectivity index is 1.80. The van der Waals surface area contributed by atoms with E-state index in [0.29, 0.717) is 0 Å². The first-order valence-corrected chi connectivity index (χ1v) is 5.85. The number of anilines is 1. The summed E-state index contributed by atoms with van der Waals surface area (Å²) in [6.45, 7) is 3.60. The number of rotatable bonds is 2. The summed E-state index contributed by atoms with van der Waals surface area (Å²) in [6.07, 6.45) is 3.74. The summed E-state index contributed by atoms with van der Waals surface area (Å²) in [5, 5.41) is 6.79. The van der Waals surface area contributed by atoms with Crippen LogP contribution in [-0.2, 0) is 4.74 Å². The number of hydrogen-bond acceptors (Lipinski definition) is 3. The second-order valence-electron chi connectivity index (χ2n) is 4.13. The predicted molar refractivity (Wildman–Crippen MR) is 67.1 cm³/mol. The molecule has 0 atom stereocenters. The van der Waals surface area contributed by atoms with Gasteiger partial charge in [0.1, 0.15) is 0 Å². The van der Waals surface area contributed by atoms with Crippen LogP contribution in [0.1, 0.15) is 0 Å². The molecule has 1 aromatic carbocycles. The van der Waals surface area contributed by atoms with Crippen LogP contribution in [0.5, 0.6) is 0 Å². The lowest BCUT2D eigenvalue weighted by molar-refractivity contribution is 0.122. The van der Waals surface area contributed by atoms with Gasteiger partial charge in [0.15, 0.2) is 0 Å². The van der Waals surface area contributed by atoms with Crippen molar-refractivity contribution in [3.8, 4) is 11.1 Å². The van der Waals surface area contributed by atoms with Crippen molar-refractivity contribution in [1.29, 1.82) is 0 Å². The van der Waals surface area contributed by atoms with E-state index in [1.54, 1.807) is 0 Å². The van der Waals surface area contributed by atoms with Gasteiger partial charge in [0.05, 0.1) is 19.4 Å². The summed E-state index contributed by atoms with van der Waals surface area (Å²) >= 11 is 0. The van der Waals surface area contributed by atoms with E-state index in [4.69, 9.17) is 4.74 Å². The minimum absolute atomic E-state index is 0.823. The van der Waals surface area contributed by atoms with Crippen LogP contribution in [-0.4, -0.2) is 36.5 Å². The lowest BCUT2D eigenvalue weighted by Crippen LogP contribution is -2.36. The average Bonchev–Trinajstić information content (AvgIpc) is 2.94. The van der Waals surface area contributed by atoms with Gasteiger partial charge in [0, 0.05) is 30.5 Å². The largest absolute Gasteiger partial charge is 0.378 e. The van der Waals surface area contributed by atoms with Gasteiger partial charge in [-0.3, -0.25) is 5.10 Å². The van der Waals surface area contributed by atoms with Crippen LogP contribution in [0, 0.1) is 0 Å². The van der Waals surface area contributed by atoms with Gasteiger partial charge < -0.3 is 9.64 Å². The minimum atomic E-state index is 0.823. The molecule has 3 rings (SSSR count). The van der Waals surface area contributed by atoms with E-state index >= 15 is 0 Å². The van der Waals surface area contributed by atoms with Crippen molar-refractivity contribution in [3.05, 3.63) is 36.7 Å². The SMILES string of the molecule is c1cc(N2CCOCC2)ccc1-c1cn[nH]c1. The van der Waals surface area contributed by atoms with Gasteiger partial charge in [0.25, 0.3) is 0 Å². The Hall–Kier alpha value is -1.81. The first kappa shape index (κ1) is 10.4. The van der Waals surface area contributed by atoms with Crippen molar-refractivity contribution in [2.45, 2.75) is 0 Å². The number of aromatic amines is 1. The van der Waals surface area contributed by atoms with Gasteiger partial charge in [-0.05, 0) is 17.7 Å². The number of nitrogens with zero attached hydrogens (tertiary/aromatic N) is 2. The van der Waals surface area contributed by atoms with E-state index in [9.17, 15) is 0 Å². The Bertz CT molecular complexity index is 458. The molecule has 1 N–H and O–H groups in total. The number of morpholine rings is 1. The molecule has 0 amide bonds.